The van der Waals surface area contributed by atoms with E-state index in [1.165, 1.54) is 17.0 Å². The minimum absolute atomic E-state index is 0. The highest BCUT2D eigenvalue weighted by molar-refractivity contribution is 7.15. The molecular formula is C10H19Cl2N3S. The largest absolute Gasteiger partial charge is 0.375 e. The second-order valence-corrected chi connectivity index (χ2v) is 5.30. The maximum absolute atomic E-state index is 5.69. The number of nitrogens with zero attached hydrogens (tertiary/aromatic N) is 1. The fourth-order valence-corrected chi connectivity index (χ4v) is 2.97. The van der Waals surface area contributed by atoms with E-state index in [1.807, 2.05) is 0 Å². The van der Waals surface area contributed by atoms with Crippen molar-refractivity contribution in [3.8, 4) is 0 Å². The first-order valence-electron chi connectivity index (χ1n) is 5.15. The molecule has 1 heterocycles. The molecule has 3 N–H and O–H groups in total. The topological polar surface area (TPSA) is 50.9 Å². The Morgan fingerprint density at radius 3 is 2.75 bits per heavy atom. The van der Waals surface area contributed by atoms with Crippen LogP contribution in [-0.4, -0.2) is 17.1 Å². The monoisotopic (exact) mass is 283 g/mol. The van der Waals surface area contributed by atoms with Crippen LogP contribution in [0.2, 0.25) is 0 Å². The average molecular weight is 284 g/mol. The zero-order valence-corrected chi connectivity index (χ0v) is 12.0. The highest BCUT2D eigenvalue weighted by Gasteiger charge is 2.21. The molecule has 1 aromatic rings. The summed E-state index contributed by atoms with van der Waals surface area (Å²) in [6, 6.07) is 1.18. The minimum Gasteiger partial charge on any atom is -0.375 e. The summed E-state index contributed by atoms with van der Waals surface area (Å²) >= 11 is 1.65. The Morgan fingerprint density at radius 2 is 2.12 bits per heavy atom. The second-order valence-electron chi connectivity index (χ2n) is 4.18. The molecular weight excluding hydrogens is 265 g/mol. The lowest BCUT2D eigenvalue weighted by Crippen LogP contribution is -2.38. The Hall–Kier alpha value is -0.0300. The zero-order chi connectivity index (χ0) is 10.1. The van der Waals surface area contributed by atoms with Crippen LogP contribution in [0.1, 0.15) is 30.8 Å². The number of anilines is 1. The SMILES string of the molecule is CC(C)NC1CCc2nc(N)sc2C1.Cl.Cl. The highest BCUT2D eigenvalue weighted by atomic mass is 35.5. The molecule has 0 bridgehead atoms. The maximum atomic E-state index is 5.69. The van der Waals surface area contributed by atoms with Gasteiger partial charge < -0.3 is 11.1 Å². The average Bonchev–Trinajstić information content (AvgIpc) is 2.42. The van der Waals surface area contributed by atoms with E-state index in [0.29, 0.717) is 12.1 Å². The zero-order valence-electron chi connectivity index (χ0n) is 9.53. The van der Waals surface area contributed by atoms with E-state index in [0.717, 1.165) is 18.0 Å². The third-order valence-corrected chi connectivity index (χ3v) is 3.47. The quantitative estimate of drug-likeness (QED) is 0.877. The van der Waals surface area contributed by atoms with Crippen molar-refractivity contribution in [2.24, 2.45) is 0 Å². The van der Waals surface area contributed by atoms with Gasteiger partial charge in [-0.05, 0) is 19.3 Å². The minimum atomic E-state index is 0. The van der Waals surface area contributed by atoms with Gasteiger partial charge in [-0.25, -0.2) is 4.98 Å². The lowest BCUT2D eigenvalue weighted by Gasteiger charge is -2.24. The predicted octanol–water partition coefficient (Wildman–Crippen LogP) is 2.42. The molecule has 0 aliphatic heterocycles. The molecule has 1 aliphatic carbocycles. The van der Waals surface area contributed by atoms with Gasteiger partial charge in [0.15, 0.2) is 5.13 Å². The Morgan fingerprint density at radius 1 is 1.44 bits per heavy atom. The van der Waals surface area contributed by atoms with Gasteiger partial charge in [0.05, 0.1) is 5.69 Å². The molecule has 0 fully saturated rings. The van der Waals surface area contributed by atoms with Crippen LogP contribution >= 0.6 is 36.2 Å². The first-order valence-corrected chi connectivity index (χ1v) is 5.97. The Kier molecular flexibility index (Phi) is 6.63. The van der Waals surface area contributed by atoms with Crippen molar-refractivity contribution >= 4 is 41.3 Å². The molecule has 0 amide bonds. The lowest BCUT2D eigenvalue weighted by atomic mass is 9.97. The molecule has 1 atom stereocenters. The molecule has 0 aromatic carbocycles. The number of nitrogen functional groups attached to an aromatic ring is 1. The summed E-state index contributed by atoms with van der Waals surface area (Å²) in [6.07, 6.45) is 3.37. The van der Waals surface area contributed by atoms with Crippen LogP contribution in [0.5, 0.6) is 0 Å². The summed E-state index contributed by atoms with van der Waals surface area (Å²) in [4.78, 5) is 5.71. The molecule has 94 valence electrons. The van der Waals surface area contributed by atoms with Crippen molar-refractivity contribution < 1.29 is 0 Å². The Labute approximate surface area is 113 Å². The molecule has 3 nitrogen and oxygen atoms in total. The highest BCUT2D eigenvalue weighted by Crippen LogP contribution is 2.28. The molecule has 0 saturated heterocycles. The van der Waals surface area contributed by atoms with E-state index >= 15 is 0 Å². The van der Waals surface area contributed by atoms with Crippen LogP contribution in [0.25, 0.3) is 0 Å². The fraction of sp³-hybridized carbons (Fsp3) is 0.700. The van der Waals surface area contributed by atoms with E-state index < -0.39 is 0 Å². The predicted molar refractivity (Wildman–Crippen MR) is 75.1 cm³/mol. The number of hydrogen-bond acceptors (Lipinski definition) is 4. The van der Waals surface area contributed by atoms with Gasteiger partial charge >= 0.3 is 0 Å². The van der Waals surface area contributed by atoms with Gasteiger partial charge in [-0.15, -0.1) is 36.2 Å². The molecule has 2 rings (SSSR count). The number of aryl methyl sites for hydroxylation is 1. The number of fused-ring (bicyclic) bond motifs is 1. The smallest absolute Gasteiger partial charge is 0.180 e. The van der Waals surface area contributed by atoms with Crippen LogP contribution in [0.3, 0.4) is 0 Å². The van der Waals surface area contributed by atoms with Gasteiger partial charge in [0.2, 0.25) is 0 Å². The van der Waals surface area contributed by atoms with Crippen LogP contribution in [0.4, 0.5) is 5.13 Å². The molecule has 0 spiro atoms. The molecule has 1 aliphatic rings. The fourth-order valence-electron chi connectivity index (χ4n) is 2.01. The van der Waals surface area contributed by atoms with Crippen molar-refractivity contribution in [2.75, 3.05) is 5.73 Å². The molecule has 0 radical (unpaired) electrons. The van der Waals surface area contributed by atoms with Crippen molar-refractivity contribution in [1.82, 2.24) is 10.3 Å². The van der Waals surface area contributed by atoms with E-state index in [2.05, 4.69) is 24.1 Å². The van der Waals surface area contributed by atoms with Crippen LogP contribution in [-0.2, 0) is 12.8 Å². The standard InChI is InChI=1S/C10H17N3S.2ClH/c1-6(2)12-7-3-4-8-9(5-7)14-10(11)13-8;;/h6-7,12H,3-5H2,1-2H3,(H2,11,13);2*1H. The van der Waals surface area contributed by atoms with E-state index in [-0.39, 0.29) is 24.8 Å². The third kappa shape index (κ3) is 3.77. The first-order chi connectivity index (χ1) is 6.65. The van der Waals surface area contributed by atoms with Crippen molar-refractivity contribution in [3.05, 3.63) is 10.6 Å². The number of halogens is 2. The van der Waals surface area contributed by atoms with Gasteiger partial charge in [-0.1, -0.05) is 13.8 Å². The summed E-state index contributed by atoms with van der Waals surface area (Å²) in [5.74, 6) is 0. The van der Waals surface area contributed by atoms with E-state index in [9.17, 15) is 0 Å². The third-order valence-electron chi connectivity index (χ3n) is 2.53. The number of rotatable bonds is 2. The number of hydrogen-bond donors (Lipinski definition) is 2. The Balaban J connectivity index is 0.00000112. The van der Waals surface area contributed by atoms with Gasteiger partial charge in [-0.3, -0.25) is 0 Å². The summed E-state index contributed by atoms with van der Waals surface area (Å²) in [6.45, 7) is 4.38. The molecule has 0 saturated carbocycles. The van der Waals surface area contributed by atoms with Crippen LogP contribution in [0, 0.1) is 0 Å². The normalized spacial score (nSPS) is 18.6. The Bertz CT molecular complexity index is 328. The summed E-state index contributed by atoms with van der Waals surface area (Å²) in [5.41, 5.74) is 6.92. The number of aromatic nitrogens is 1. The molecule has 1 unspecified atom stereocenters. The van der Waals surface area contributed by atoms with Gasteiger partial charge in [0.1, 0.15) is 0 Å². The van der Waals surface area contributed by atoms with Crippen LogP contribution in [0.15, 0.2) is 0 Å². The van der Waals surface area contributed by atoms with Gasteiger partial charge in [0, 0.05) is 17.0 Å². The molecule has 1 aromatic heterocycles. The number of nitrogens with two attached hydrogens (primary N) is 1. The van der Waals surface area contributed by atoms with E-state index in [4.69, 9.17) is 5.73 Å². The molecule has 6 heteroatoms. The maximum Gasteiger partial charge on any atom is 0.180 e. The van der Waals surface area contributed by atoms with Gasteiger partial charge in [-0.2, -0.15) is 0 Å². The lowest BCUT2D eigenvalue weighted by molar-refractivity contribution is 0.422. The van der Waals surface area contributed by atoms with Crippen molar-refractivity contribution in [1.29, 1.82) is 0 Å². The first kappa shape index (κ1) is 16.0. The summed E-state index contributed by atoms with van der Waals surface area (Å²) in [7, 11) is 0. The number of thiazole rings is 1. The number of nitrogens with one attached hydrogen (secondary N) is 1. The second kappa shape index (κ2) is 6.64. The van der Waals surface area contributed by atoms with Crippen molar-refractivity contribution in [2.45, 2.75) is 45.2 Å². The van der Waals surface area contributed by atoms with Crippen molar-refractivity contribution in [3.63, 3.8) is 0 Å². The van der Waals surface area contributed by atoms with Crippen LogP contribution < -0.4 is 11.1 Å². The molecule has 16 heavy (non-hydrogen) atoms. The summed E-state index contributed by atoms with van der Waals surface area (Å²) in [5, 5.41) is 4.29. The van der Waals surface area contributed by atoms with E-state index in [1.54, 1.807) is 11.3 Å². The van der Waals surface area contributed by atoms with Gasteiger partial charge in [0.25, 0.3) is 0 Å². The summed E-state index contributed by atoms with van der Waals surface area (Å²) < 4.78 is 0.